The number of rotatable bonds is 7. The van der Waals surface area contributed by atoms with Crippen molar-refractivity contribution in [2.45, 2.75) is 20.0 Å². The summed E-state index contributed by atoms with van der Waals surface area (Å²) in [5.41, 5.74) is 2.92. The van der Waals surface area contributed by atoms with Gasteiger partial charge in [-0.15, -0.1) is 0 Å². The summed E-state index contributed by atoms with van der Waals surface area (Å²) in [6, 6.07) is 24.6. The SMILES string of the molecule is CCN1CCN(Cc2ccccc2CNC(=O)c2nn(-c3ccccc3)c(=O)c3ccccc23)CC1. The molecule has 0 saturated carbocycles. The molecule has 1 N–H and O–H groups in total. The molecule has 7 nitrogen and oxygen atoms in total. The van der Waals surface area contributed by atoms with Gasteiger partial charge in [-0.1, -0.05) is 67.6 Å². The van der Waals surface area contributed by atoms with Gasteiger partial charge in [-0.25, -0.2) is 0 Å². The summed E-state index contributed by atoms with van der Waals surface area (Å²) in [4.78, 5) is 31.4. The average molecular weight is 482 g/mol. The molecule has 1 amide bonds. The molecule has 0 unspecified atom stereocenters. The van der Waals surface area contributed by atoms with Crippen LogP contribution in [0.3, 0.4) is 0 Å². The van der Waals surface area contributed by atoms with Gasteiger partial charge in [0.15, 0.2) is 5.69 Å². The monoisotopic (exact) mass is 481 g/mol. The summed E-state index contributed by atoms with van der Waals surface area (Å²) in [5.74, 6) is -0.303. The highest BCUT2D eigenvalue weighted by Crippen LogP contribution is 2.17. The van der Waals surface area contributed by atoms with Crippen molar-refractivity contribution in [1.29, 1.82) is 0 Å². The van der Waals surface area contributed by atoms with Gasteiger partial charge in [0.2, 0.25) is 0 Å². The van der Waals surface area contributed by atoms with E-state index in [1.165, 1.54) is 10.2 Å². The Hall–Kier alpha value is -3.81. The van der Waals surface area contributed by atoms with E-state index in [1.807, 2.05) is 36.4 Å². The van der Waals surface area contributed by atoms with Crippen molar-refractivity contribution in [1.82, 2.24) is 24.9 Å². The number of benzene rings is 3. The number of carbonyl (C=O) groups is 1. The van der Waals surface area contributed by atoms with Crippen molar-refractivity contribution >= 4 is 16.7 Å². The fraction of sp³-hybridized carbons (Fsp3) is 0.276. The quantitative estimate of drug-likeness (QED) is 0.438. The molecule has 2 heterocycles. The van der Waals surface area contributed by atoms with E-state index in [9.17, 15) is 9.59 Å². The van der Waals surface area contributed by atoms with Gasteiger partial charge in [-0.3, -0.25) is 14.5 Å². The largest absolute Gasteiger partial charge is 0.347 e. The Morgan fingerprint density at radius 1 is 0.806 bits per heavy atom. The van der Waals surface area contributed by atoms with E-state index < -0.39 is 0 Å². The standard InChI is InChI=1S/C29H31N5O2/c1-2-32-16-18-33(19-17-32)21-23-11-7-6-10-22(23)20-30-28(35)27-25-14-8-9-15-26(25)29(36)34(31-27)24-12-4-3-5-13-24/h3-15H,2,16-21H2,1H3,(H,30,35). The summed E-state index contributed by atoms with van der Waals surface area (Å²) in [6.07, 6.45) is 0. The number of hydrogen-bond donors (Lipinski definition) is 1. The highest BCUT2D eigenvalue weighted by molar-refractivity contribution is 6.04. The summed E-state index contributed by atoms with van der Waals surface area (Å²) < 4.78 is 1.31. The Morgan fingerprint density at radius 3 is 2.14 bits per heavy atom. The minimum Gasteiger partial charge on any atom is -0.347 e. The summed E-state index contributed by atoms with van der Waals surface area (Å²) >= 11 is 0. The lowest BCUT2D eigenvalue weighted by Crippen LogP contribution is -2.45. The molecule has 3 aromatic carbocycles. The summed E-state index contributed by atoms with van der Waals surface area (Å²) in [7, 11) is 0. The minimum absolute atomic E-state index is 0.238. The second-order valence-corrected chi connectivity index (χ2v) is 9.11. The first-order chi connectivity index (χ1) is 17.6. The van der Waals surface area contributed by atoms with Crippen LogP contribution in [0.15, 0.2) is 83.7 Å². The maximum Gasteiger partial charge on any atom is 0.279 e. The maximum absolute atomic E-state index is 13.4. The normalized spacial score (nSPS) is 14.7. The molecule has 0 spiro atoms. The molecular weight excluding hydrogens is 450 g/mol. The van der Waals surface area contributed by atoms with Gasteiger partial charge in [-0.05, 0) is 35.9 Å². The van der Waals surface area contributed by atoms with Gasteiger partial charge < -0.3 is 10.2 Å². The topological polar surface area (TPSA) is 70.5 Å². The second-order valence-electron chi connectivity index (χ2n) is 9.11. The zero-order chi connectivity index (χ0) is 24.9. The molecular formula is C29H31N5O2. The molecule has 1 aliphatic heterocycles. The number of nitrogens with zero attached hydrogens (tertiary/aromatic N) is 4. The maximum atomic E-state index is 13.4. The van der Waals surface area contributed by atoms with Crippen LogP contribution >= 0.6 is 0 Å². The second kappa shape index (κ2) is 10.8. The summed E-state index contributed by atoms with van der Waals surface area (Å²) in [6.45, 7) is 8.83. The van der Waals surface area contributed by atoms with Crippen molar-refractivity contribution in [3.05, 3.63) is 106 Å². The van der Waals surface area contributed by atoms with E-state index in [0.717, 1.165) is 44.8 Å². The summed E-state index contributed by atoms with van der Waals surface area (Å²) in [5, 5.41) is 8.57. The van der Waals surface area contributed by atoms with Crippen LogP contribution in [-0.2, 0) is 13.1 Å². The van der Waals surface area contributed by atoms with E-state index >= 15 is 0 Å². The molecule has 1 fully saturated rings. The zero-order valence-electron chi connectivity index (χ0n) is 20.6. The third kappa shape index (κ3) is 5.08. The highest BCUT2D eigenvalue weighted by atomic mass is 16.2. The fourth-order valence-corrected chi connectivity index (χ4v) is 4.75. The van der Waals surface area contributed by atoms with Crippen molar-refractivity contribution < 1.29 is 4.79 Å². The smallest absolute Gasteiger partial charge is 0.279 e. The Balaban J connectivity index is 1.38. The number of carbonyl (C=O) groups excluding carboxylic acids is 1. The molecule has 4 aromatic rings. The number of piperazine rings is 1. The molecule has 0 bridgehead atoms. The molecule has 1 aliphatic rings. The average Bonchev–Trinajstić information content (AvgIpc) is 2.93. The number of hydrogen-bond acceptors (Lipinski definition) is 5. The van der Waals surface area contributed by atoms with Crippen molar-refractivity contribution in [3.8, 4) is 5.69 Å². The van der Waals surface area contributed by atoms with E-state index in [-0.39, 0.29) is 17.2 Å². The number of likely N-dealkylation sites (N-methyl/N-ethyl adjacent to an activating group) is 1. The van der Waals surface area contributed by atoms with Crippen molar-refractivity contribution in [2.75, 3.05) is 32.7 Å². The predicted octanol–water partition coefficient (Wildman–Crippen LogP) is 3.45. The van der Waals surface area contributed by atoms with Gasteiger partial charge in [0, 0.05) is 44.7 Å². The van der Waals surface area contributed by atoms with Gasteiger partial charge >= 0.3 is 0 Å². The lowest BCUT2D eigenvalue weighted by molar-refractivity contribution is 0.0945. The van der Waals surface area contributed by atoms with Crippen LogP contribution in [0.4, 0.5) is 0 Å². The van der Waals surface area contributed by atoms with Gasteiger partial charge in [0.25, 0.3) is 11.5 Å². The third-order valence-electron chi connectivity index (χ3n) is 6.88. The Bertz CT molecular complexity index is 1410. The molecule has 0 radical (unpaired) electrons. The molecule has 1 saturated heterocycles. The molecule has 5 rings (SSSR count). The number of nitrogens with one attached hydrogen (secondary N) is 1. The Morgan fingerprint density at radius 2 is 1.42 bits per heavy atom. The first-order valence-electron chi connectivity index (χ1n) is 12.5. The molecule has 1 aromatic heterocycles. The number of fused-ring (bicyclic) bond motifs is 1. The van der Waals surface area contributed by atoms with E-state index in [4.69, 9.17) is 0 Å². The van der Waals surface area contributed by atoms with E-state index in [1.54, 1.807) is 30.3 Å². The molecule has 0 aliphatic carbocycles. The van der Waals surface area contributed by atoms with Crippen molar-refractivity contribution in [2.24, 2.45) is 0 Å². The van der Waals surface area contributed by atoms with E-state index in [0.29, 0.717) is 23.0 Å². The Labute approximate surface area is 211 Å². The molecule has 0 atom stereocenters. The predicted molar refractivity (Wildman–Crippen MR) is 142 cm³/mol. The molecule has 36 heavy (non-hydrogen) atoms. The minimum atomic E-state index is -0.303. The van der Waals surface area contributed by atoms with Crippen LogP contribution in [-0.4, -0.2) is 58.2 Å². The first-order valence-corrected chi connectivity index (χ1v) is 12.5. The van der Waals surface area contributed by atoms with Crippen LogP contribution in [0.25, 0.3) is 16.5 Å². The highest BCUT2D eigenvalue weighted by Gasteiger charge is 2.19. The van der Waals surface area contributed by atoms with Crippen LogP contribution in [0.2, 0.25) is 0 Å². The molecule has 184 valence electrons. The first kappa shape index (κ1) is 23.9. The van der Waals surface area contributed by atoms with Crippen LogP contribution in [0.1, 0.15) is 28.5 Å². The number of aromatic nitrogens is 2. The lowest BCUT2D eigenvalue weighted by Gasteiger charge is -2.34. The van der Waals surface area contributed by atoms with Gasteiger partial charge in [-0.2, -0.15) is 9.78 Å². The van der Waals surface area contributed by atoms with E-state index in [2.05, 4.69) is 39.3 Å². The number of para-hydroxylation sites is 1. The zero-order valence-corrected chi connectivity index (χ0v) is 20.6. The molecule has 7 heteroatoms. The van der Waals surface area contributed by atoms with Crippen LogP contribution < -0.4 is 10.9 Å². The lowest BCUT2D eigenvalue weighted by atomic mass is 10.1. The van der Waals surface area contributed by atoms with Gasteiger partial charge in [0.05, 0.1) is 11.1 Å². The van der Waals surface area contributed by atoms with Gasteiger partial charge in [0.1, 0.15) is 0 Å². The van der Waals surface area contributed by atoms with Crippen molar-refractivity contribution in [3.63, 3.8) is 0 Å². The number of amides is 1. The Kier molecular flexibility index (Phi) is 7.21. The van der Waals surface area contributed by atoms with Crippen LogP contribution in [0, 0.1) is 0 Å². The fourth-order valence-electron chi connectivity index (χ4n) is 4.75. The third-order valence-corrected chi connectivity index (χ3v) is 6.88. The van der Waals surface area contributed by atoms with Crippen LogP contribution in [0.5, 0.6) is 0 Å².